The zero-order valence-corrected chi connectivity index (χ0v) is 16.2. The Morgan fingerprint density at radius 3 is 2.57 bits per heavy atom. The molecule has 3 rings (SSSR count). The predicted octanol–water partition coefficient (Wildman–Crippen LogP) is 3.09. The van der Waals surface area contributed by atoms with Crippen molar-refractivity contribution in [3.63, 3.8) is 0 Å². The minimum absolute atomic E-state index is 0.0558. The van der Waals surface area contributed by atoms with Crippen molar-refractivity contribution in [2.75, 3.05) is 30.3 Å². The van der Waals surface area contributed by atoms with Crippen molar-refractivity contribution in [2.24, 2.45) is 11.1 Å². The second-order valence-corrected chi connectivity index (χ2v) is 8.34. The van der Waals surface area contributed by atoms with Crippen molar-refractivity contribution in [1.82, 2.24) is 9.97 Å². The Bertz CT molecular complexity index is 907. The molecule has 2 heterocycles. The molecular formula is C18H22F3N5OS. The van der Waals surface area contributed by atoms with E-state index in [9.17, 15) is 18.0 Å². The number of alkyl halides is 3. The Morgan fingerprint density at radius 2 is 2.00 bits per heavy atom. The van der Waals surface area contributed by atoms with Crippen LogP contribution >= 0.6 is 11.8 Å². The number of benzene rings is 1. The molecule has 0 atom stereocenters. The first-order chi connectivity index (χ1) is 13.1. The molecule has 6 nitrogen and oxygen atoms in total. The summed E-state index contributed by atoms with van der Waals surface area (Å²) in [5.41, 5.74) is 10.4. The third-order valence-corrected chi connectivity index (χ3v) is 6.02. The fourth-order valence-corrected chi connectivity index (χ4v) is 4.07. The number of nitrogens with two attached hydrogens (primary N) is 2. The topological polar surface area (TPSA) is 101 Å². The zero-order valence-electron chi connectivity index (χ0n) is 15.3. The molecule has 1 aliphatic heterocycles. The third-order valence-electron chi connectivity index (χ3n) is 5.04. The number of aromatic nitrogens is 2. The van der Waals surface area contributed by atoms with Gasteiger partial charge in [-0.3, -0.25) is 4.79 Å². The van der Waals surface area contributed by atoms with Gasteiger partial charge in [0.25, 0.3) is 5.56 Å². The number of H-pyrrole nitrogens is 1. The van der Waals surface area contributed by atoms with E-state index in [1.165, 1.54) is 18.3 Å². The van der Waals surface area contributed by atoms with E-state index in [1.54, 1.807) is 0 Å². The van der Waals surface area contributed by atoms with Gasteiger partial charge in [-0.2, -0.15) is 13.2 Å². The van der Waals surface area contributed by atoms with Crippen LogP contribution in [0.2, 0.25) is 0 Å². The van der Waals surface area contributed by atoms with Crippen LogP contribution in [-0.2, 0) is 6.18 Å². The maximum Gasteiger partial charge on any atom is 0.417 e. The van der Waals surface area contributed by atoms with Crippen LogP contribution < -0.4 is 21.9 Å². The molecule has 2 aromatic rings. The van der Waals surface area contributed by atoms with Gasteiger partial charge in [0.2, 0.25) is 0 Å². The second-order valence-electron chi connectivity index (χ2n) is 7.26. The van der Waals surface area contributed by atoms with Crippen LogP contribution in [0.1, 0.15) is 25.3 Å². The van der Waals surface area contributed by atoms with Crippen LogP contribution in [0.5, 0.6) is 0 Å². The highest BCUT2D eigenvalue weighted by molar-refractivity contribution is 7.99. The lowest BCUT2D eigenvalue weighted by atomic mass is 9.80. The van der Waals surface area contributed by atoms with Crippen LogP contribution in [0.25, 0.3) is 0 Å². The molecule has 0 bridgehead atoms. The highest BCUT2D eigenvalue weighted by atomic mass is 32.2. The highest BCUT2D eigenvalue weighted by Crippen LogP contribution is 2.39. The molecule has 1 fully saturated rings. The number of halogens is 3. The van der Waals surface area contributed by atoms with Gasteiger partial charge in [0.1, 0.15) is 0 Å². The summed E-state index contributed by atoms with van der Waals surface area (Å²) < 4.78 is 39.6. The molecule has 0 saturated carbocycles. The number of nitrogens with one attached hydrogen (secondary N) is 1. The minimum atomic E-state index is -4.52. The van der Waals surface area contributed by atoms with E-state index < -0.39 is 17.3 Å². The van der Waals surface area contributed by atoms with Gasteiger partial charge in [0.05, 0.1) is 16.8 Å². The van der Waals surface area contributed by atoms with Gasteiger partial charge in [-0.1, -0.05) is 18.7 Å². The van der Waals surface area contributed by atoms with Gasteiger partial charge in [0.15, 0.2) is 5.82 Å². The second kappa shape index (κ2) is 7.67. The van der Waals surface area contributed by atoms with Crippen molar-refractivity contribution < 1.29 is 13.2 Å². The lowest BCUT2D eigenvalue weighted by Gasteiger charge is -2.38. The zero-order chi connectivity index (χ0) is 20.5. The van der Waals surface area contributed by atoms with Crippen molar-refractivity contribution >= 4 is 23.3 Å². The third kappa shape index (κ3) is 4.44. The number of aromatic amines is 1. The molecule has 1 aliphatic rings. The first kappa shape index (κ1) is 20.5. The Labute approximate surface area is 164 Å². The van der Waals surface area contributed by atoms with Crippen LogP contribution in [0.4, 0.5) is 24.7 Å². The molecule has 0 unspecified atom stereocenters. The Kier molecular flexibility index (Phi) is 5.62. The Morgan fingerprint density at radius 1 is 1.32 bits per heavy atom. The SMILES string of the molecule is CC1(CN)CCN(c2ncc(Sc3cc(N)ccc3C(F)(F)F)[nH]c2=O)CC1. The molecule has 1 saturated heterocycles. The number of nitrogens with zero attached hydrogens (tertiary/aromatic N) is 2. The molecule has 152 valence electrons. The summed E-state index contributed by atoms with van der Waals surface area (Å²) in [5, 5.41) is 0.216. The smallest absolute Gasteiger partial charge is 0.399 e. The van der Waals surface area contributed by atoms with Gasteiger partial charge >= 0.3 is 6.18 Å². The molecule has 0 aliphatic carbocycles. The van der Waals surface area contributed by atoms with E-state index in [0.29, 0.717) is 19.6 Å². The largest absolute Gasteiger partial charge is 0.417 e. The van der Waals surface area contributed by atoms with Gasteiger partial charge in [-0.05, 0) is 43.0 Å². The van der Waals surface area contributed by atoms with Crippen LogP contribution in [0, 0.1) is 5.41 Å². The minimum Gasteiger partial charge on any atom is -0.399 e. The number of hydrogen-bond donors (Lipinski definition) is 3. The monoisotopic (exact) mass is 413 g/mol. The van der Waals surface area contributed by atoms with Crippen LogP contribution in [0.15, 0.2) is 39.1 Å². The highest BCUT2D eigenvalue weighted by Gasteiger charge is 2.34. The molecule has 10 heteroatoms. The molecule has 1 aromatic heterocycles. The summed E-state index contributed by atoms with van der Waals surface area (Å²) in [7, 11) is 0. The number of hydrogen-bond acceptors (Lipinski definition) is 6. The van der Waals surface area contributed by atoms with Gasteiger partial charge in [0, 0.05) is 23.7 Å². The summed E-state index contributed by atoms with van der Waals surface area (Å²) in [6, 6.07) is 3.36. The summed E-state index contributed by atoms with van der Waals surface area (Å²) in [5.74, 6) is 0.270. The molecule has 0 radical (unpaired) electrons. The van der Waals surface area contributed by atoms with Crippen molar-refractivity contribution in [1.29, 1.82) is 0 Å². The van der Waals surface area contributed by atoms with Gasteiger partial charge in [-0.25, -0.2) is 4.98 Å². The van der Waals surface area contributed by atoms with Gasteiger partial charge < -0.3 is 21.4 Å². The molecular weight excluding hydrogens is 391 g/mol. The van der Waals surface area contributed by atoms with Crippen molar-refractivity contribution in [3.05, 3.63) is 40.3 Å². The summed E-state index contributed by atoms with van der Waals surface area (Å²) in [4.78, 5) is 21.1. The molecule has 0 amide bonds. The molecule has 5 N–H and O–H groups in total. The van der Waals surface area contributed by atoms with E-state index >= 15 is 0 Å². The van der Waals surface area contributed by atoms with E-state index in [4.69, 9.17) is 11.5 Å². The maximum absolute atomic E-state index is 13.2. The first-order valence-corrected chi connectivity index (χ1v) is 9.62. The quantitative estimate of drug-likeness (QED) is 0.666. The van der Waals surface area contributed by atoms with Gasteiger partial charge in [-0.15, -0.1) is 0 Å². The summed E-state index contributed by atoms with van der Waals surface area (Å²) >= 11 is 0.775. The van der Waals surface area contributed by atoms with Crippen LogP contribution in [0.3, 0.4) is 0 Å². The molecule has 0 spiro atoms. The average molecular weight is 413 g/mol. The van der Waals surface area contributed by atoms with Crippen molar-refractivity contribution in [2.45, 2.75) is 35.9 Å². The number of rotatable bonds is 4. The average Bonchev–Trinajstić information content (AvgIpc) is 2.62. The number of anilines is 2. The van der Waals surface area contributed by atoms with E-state index in [0.717, 1.165) is 30.7 Å². The fourth-order valence-electron chi connectivity index (χ4n) is 3.09. The standard InChI is InChI=1S/C18H22F3N5OS/c1-17(10-22)4-6-26(7-5-17)15-16(27)25-14(9-24-15)28-13-8-11(23)2-3-12(13)18(19,20)21/h2-3,8-9H,4-7,10,22-23H2,1H3,(H,25,27). The number of piperidine rings is 1. The number of nitrogen functional groups attached to an aromatic ring is 1. The lowest BCUT2D eigenvalue weighted by molar-refractivity contribution is -0.139. The molecule has 1 aromatic carbocycles. The Hall–Kier alpha value is -2.20. The van der Waals surface area contributed by atoms with E-state index in [-0.39, 0.29) is 26.8 Å². The molecule has 28 heavy (non-hydrogen) atoms. The predicted molar refractivity (Wildman–Crippen MR) is 103 cm³/mol. The van der Waals surface area contributed by atoms with E-state index in [1.807, 2.05) is 4.90 Å². The Balaban J connectivity index is 1.81. The van der Waals surface area contributed by atoms with E-state index in [2.05, 4.69) is 16.9 Å². The lowest BCUT2D eigenvalue weighted by Crippen LogP contribution is -2.44. The first-order valence-electron chi connectivity index (χ1n) is 8.80. The normalized spacial score (nSPS) is 17.0. The summed E-state index contributed by atoms with van der Waals surface area (Å²) in [6.07, 6.45) is -1.45. The summed E-state index contributed by atoms with van der Waals surface area (Å²) in [6.45, 7) is 4.01. The van der Waals surface area contributed by atoms with Crippen LogP contribution in [-0.4, -0.2) is 29.6 Å². The van der Waals surface area contributed by atoms with Crippen molar-refractivity contribution in [3.8, 4) is 0 Å². The fraction of sp³-hybridized carbons (Fsp3) is 0.444. The maximum atomic E-state index is 13.2.